The van der Waals surface area contributed by atoms with Gasteiger partial charge in [-0.15, -0.1) is 0 Å². The van der Waals surface area contributed by atoms with Crippen LogP contribution in [0.25, 0.3) is 0 Å². The van der Waals surface area contributed by atoms with Crippen molar-refractivity contribution >= 4 is 28.5 Å². The molecule has 0 saturated carbocycles. The molecule has 4 nitrogen and oxygen atoms in total. The summed E-state index contributed by atoms with van der Waals surface area (Å²) in [5, 5.41) is 8.85. The molecule has 5 heteroatoms. The maximum atomic E-state index is 11.0. The number of halogens is 1. The Morgan fingerprint density at radius 1 is 1.64 bits per heavy atom. The molecule has 14 heavy (non-hydrogen) atoms. The third-order valence-corrected chi connectivity index (χ3v) is 2.59. The third kappa shape index (κ3) is 1.80. The van der Waals surface area contributed by atoms with Crippen LogP contribution in [-0.4, -0.2) is 13.0 Å². The number of methoxy groups -OCH3 is 1. The molecular weight excluding hydrogens is 295 g/mol. The average Bonchev–Trinajstić information content (AvgIpc) is 2.16. The molecule has 0 heterocycles. The summed E-state index contributed by atoms with van der Waals surface area (Å²) in [6, 6.07) is 5.17. The summed E-state index contributed by atoms with van der Waals surface area (Å²) in [6.45, 7) is 0. The number of rotatable bonds is 2. The number of benzene rings is 1. The fourth-order valence-corrected chi connectivity index (χ4v) is 1.61. The fraction of sp³-hybridized carbons (Fsp3) is 0.111. The quantitative estimate of drug-likeness (QED) is 0.836. The van der Waals surface area contributed by atoms with Gasteiger partial charge in [0.15, 0.2) is 0 Å². The van der Waals surface area contributed by atoms with Gasteiger partial charge in [-0.2, -0.15) is 5.26 Å². The average molecular weight is 302 g/mol. The molecule has 0 fully saturated rings. The number of primary amides is 1. The van der Waals surface area contributed by atoms with Crippen LogP contribution in [-0.2, 0) is 0 Å². The second kappa shape index (κ2) is 4.28. The minimum Gasteiger partial charge on any atom is -0.494 e. The zero-order chi connectivity index (χ0) is 10.7. The summed E-state index contributed by atoms with van der Waals surface area (Å²) >= 11 is 1.99. The monoisotopic (exact) mass is 302 g/mol. The molecule has 2 N–H and O–H groups in total. The van der Waals surface area contributed by atoms with E-state index in [0.717, 1.165) is 3.57 Å². The molecule has 0 aliphatic heterocycles. The van der Waals surface area contributed by atoms with Gasteiger partial charge in [-0.05, 0) is 34.7 Å². The van der Waals surface area contributed by atoms with E-state index in [1.54, 1.807) is 12.1 Å². The largest absolute Gasteiger partial charge is 0.494 e. The number of hydrogen-bond donors (Lipinski definition) is 1. The van der Waals surface area contributed by atoms with Crippen LogP contribution in [0.3, 0.4) is 0 Å². The van der Waals surface area contributed by atoms with E-state index in [-0.39, 0.29) is 11.3 Å². The van der Waals surface area contributed by atoms with Crippen LogP contribution in [0.2, 0.25) is 0 Å². The standard InChI is InChI=1S/C9H7IN2O2/c1-14-8-5(9(12)13)2-3-7(10)6(8)4-11/h2-3H,1H3,(H2,12,13). The van der Waals surface area contributed by atoms with Gasteiger partial charge in [-0.3, -0.25) is 4.79 Å². The van der Waals surface area contributed by atoms with Gasteiger partial charge in [0.1, 0.15) is 17.4 Å². The molecule has 1 aromatic carbocycles. The number of amides is 1. The van der Waals surface area contributed by atoms with E-state index in [0.29, 0.717) is 5.56 Å². The number of hydrogen-bond acceptors (Lipinski definition) is 3. The third-order valence-electron chi connectivity index (χ3n) is 1.69. The first-order valence-corrected chi connectivity index (χ1v) is 4.76. The van der Waals surface area contributed by atoms with E-state index in [9.17, 15) is 4.79 Å². The Hall–Kier alpha value is -1.29. The summed E-state index contributed by atoms with van der Waals surface area (Å²) in [5.41, 5.74) is 5.70. The highest BCUT2D eigenvalue weighted by molar-refractivity contribution is 14.1. The molecule has 1 rings (SSSR count). The number of nitrogens with two attached hydrogens (primary N) is 1. The van der Waals surface area contributed by atoms with E-state index in [2.05, 4.69) is 0 Å². The van der Waals surface area contributed by atoms with Crippen molar-refractivity contribution < 1.29 is 9.53 Å². The number of nitrogens with zero attached hydrogens (tertiary/aromatic N) is 1. The number of carbonyl (C=O) groups is 1. The van der Waals surface area contributed by atoms with E-state index in [1.807, 2.05) is 28.7 Å². The Morgan fingerprint density at radius 2 is 2.29 bits per heavy atom. The minimum atomic E-state index is -0.602. The van der Waals surface area contributed by atoms with Gasteiger partial charge in [0.2, 0.25) is 0 Å². The van der Waals surface area contributed by atoms with Gasteiger partial charge in [-0.1, -0.05) is 0 Å². The Bertz CT molecular complexity index is 424. The molecule has 1 amide bonds. The van der Waals surface area contributed by atoms with Crippen LogP contribution < -0.4 is 10.5 Å². The molecule has 0 atom stereocenters. The van der Waals surface area contributed by atoms with Crippen molar-refractivity contribution in [2.45, 2.75) is 0 Å². The van der Waals surface area contributed by atoms with E-state index >= 15 is 0 Å². The van der Waals surface area contributed by atoms with Crippen LogP contribution in [0.5, 0.6) is 5.75 Å². The van der Waals surface area contributed by atoms with Crippen molar-refractivity contribution in [1.82, 2.24) is 0 Å². The minimum absolute atomic E-state index is 0.226. The Morgan fingerprint density at radius 3 is 2.71 bits per heavy atom. The predicted octanol–water partition coefficient (Wildman–Crippen LogP) is 1.27. The Balaban J connectivity index is 3.50. The maximum Gasteiger partial charge on any atom is 0.252 e. The fourth-order valence-electron chi connectivity index (χ4n) is 1.07. The van der Waals surface area contributed by atoms with Crippen molar-refractivity contribution in [3.8, 4) is 11.8 Å². The van der Waals surface area contributed by atoms with Crippen LogP contribution in [0.4, 0.5) is 0 Å². The van der Waals surface area contributed by atoms with Crippen LogP contribution in [0, 0.1) is 14.9 Å². The second-order valence-corrected chi connectivity index (χ2v) is 3.64. The predicted molar refractivity (Wildman–Crippen MR) is 58.9 cm³/mol. The molecule has 72 valence electrons. The van der Waals surface area contributed by atoms with Gasteiger partial charge in [0.25, 0.3) is 5.91 Å². The highest BCUT2D eigenvalue weighted by Crippen LogP contribution is 2.27. The van der Waals surface area contributed by atoms with Gasteiger partial charge in [-0.25, -0.2) is 0 Å². The van der Waals surface area contributed by atoms with Crippen LogP contribution >= 0.6 is 22.6 Å². The highest BCUT2D eigenvalue weighted by Gasteiger charge is 2.15. The molecule has 0 aliphatic rings. The highest BCUT2D eigenvalue weighted by atomic mass is 127. The zero-order valence-corrected chi connectivity index (χ0v) is 9.53. The van der Waals surface area contributed by atoms with E-state index in [1.165, 1.54) is 7.11 Å². The maximum absolute atomic E-state index is 11.0. The second-order valence-electron chi connectivity index (χ2n) is 2.48. The summed E-state index contributed by atoms with van der Waals surface area (Å²) in [5.74, 6) is -0.360. The van der Waals surface area contributed by atoms with Crippen molar-refractivity contribution in [2.24, 2.45) is 5.73 Å². The van der Waals surface area contributed by atoms with Crippen molar-refractivity contribution in [3.05, 3.63) is 26.8 Å². The molecule has 0 unspecified atom stereocenters. The Kier molecular flexibility index (Phi) is 3.30. The van der Waals surface area contributed by atoms with Gasteiger partial charge in [0.05, 0.1) is 12.7 Å². The topological polar surface area (TPSA) is 76.1 Å². The SMILES string of the molecule is COc1c(C(N)=O)ccc(I)c1C#N. The summed E-state index contributed by atoms with van der Waals surface area (Å²) < 4.78 is 5.71. The number of nitriles is 1. The van der Waals surface area contributed by atoms with Crippen LogP contribution in [0.15, 0.2) is 12.1 Å². The molecule has 0 saturated heterocycles. The smallest absolute Gasteiger partial charge is 0.252 e. The lowest BCUT2D eigenvalue weighted by Gasteiger charge is -2.08. The van der Waals surface area contributed by atoms with Crippen molar-refractivity contribution in [1.29, 1.82) is 5.26 Å². The number of carbonyl (C=O) groups excluding carboxylic acids is 1. The first-order chi connectivity index (χ1) is 6.61. The summed E-state index contributed by atoms with van der Waals surface area (Å²) in [6.07, 6.45) is 0. The molecule has 0 radical (unpaired) electrons. The van der Waals surface area contributed by atoms with E-state index < -0.39 is 5.91 Å². The van der Waals surface area contributed by atoms with E-state index in [4.69, 9.17) is 15.7 Å². The van der Waals surface area contributed by atoms with Gasteiger partial charge in [0, 0.05) is 3.57 Å². The zero-order valence-electron chi connectivity index (χ0n) is 7.37. The molecule has 1 aromatic rings. The van der Waals surface area contributed by atoms with Gasteiger partial charge >= 0.3 is 0 Å². The van der Waals surface area contributed by atoms with Crippen molar-refractivity contribution in [2.75, 3.05) is 7.11 Å². The molecule has 0 bridgehead atoms. The first-order valence-electron chi connectivity index (χ1n) is 3.68. The first kappa shape index (κ1) is 10.8. The Labute approximate surface area is 94.8 Å². The lowest BCUT2D eigenvalue weighted by molar-refractivity contribution is 0.0997. The normalized spacial score (nSPS) is 9.21. The summed E-state index contributed by atoms with van der Waals surface area (Å²) in [4.78, 5) is 11.0. The number of ether oxygens (including phenoxy) is 1. The van der Waals surface area contributed by atoms with Crippen LogP contribution in [0.1, 0.15) is 15.9 Å². The molecule has 0 spiro atoms. The lowest BCUT2D eigenvalue weighted by atomic mass is 10.1. The molecular formula is C9H7IN2O2. The molecule has 0 aliphatic carbocycles. The van der Waals surface area contributed by atoms with Crippen molar-refractivity contribution in [3.63, 3.8) is 0 Å². The van der Waals surface area contributed by atoms with Gasteiger partial charge < -0.3 is 10.5 Å². The summed E-state index contributed by atoms with van der Waals surface area (Å²) in [7, 11) is 1.40. The lowest BCUT2D eigenvalue weighted by Crippen LogP contribution is -2.13. The molecule has 0 aromatic heterocycles.